The van der Waals surface area contributed by atoms with Gasteiger partial charge in [0.05, 0.1) is 6.10 Å². The molecule has 2 aromatic carbocycles. The third kappa shape index (κ3) is 4.54. The van der Waals surface area contributed by atoms with Gasteiger partial charge in [-0.2, -0.15) is 0 Å². The third-order valence-corrected chi connectivity index (χ3v) is 3.33. The van der Waals surface area contributed by atoms with E-state index in [1.165, 1.54) is 0 Å². The Labute approximate surface area is 127 Å². The van der Waals surface area contributed by atoms with E-state index >= 15 is 0 Å². The zero-order chi connectivity index (χ0) is 14.4. The van der Waals surface area contributed by atoms with E-state index in [1.807, 2.05) is 48.5 Å². The number of halogens is 1. The molecule has 106 valence electrons. The van der Waals surface area contributed by atoms with Crippen LogP contribution in [0.15, 0.2) is 53.0 Å². The highest BCUT2D eigenvalue weighted by atomic mass is 79.9. The molecule has 0 aliphatic rings. The molecule has 0 spiro atoms. The van der Waals surface area contributed by atoms with Crippen LogP contribution in [0.5, 0.6) is 11.5 Å². The molecule has 0 amide bonds. The number of hydrogen-bond acceptors (Lipinski definition) is 3. The van der Waals surface area contributed by atoms with Gasteiger partial charge in [0.15, 0.2) is 0 Å². The summed E-state index contributed by atoms with van der Waals surface area (Å²) >= 11 is 3.38. The number of benzene rings is 2. The smallest absolute Gasteiger partial charge is 0.122 e. The summed E-state index contributed by atoms with van der Waals surface area (Å²) in [6.07, 6.45) is -0.454. The Morgan fingerprint density at radius 2 is 1.35 bits per heavy atom. The fraction of sp³-hybridized carbons (Fsp3) is 0.250. The molecule has 0 saturated heterocycles. The molecule has 0 fully saturated rings. The largest absolute Gasteiger partial charge is 0.490 e. The van der Waals surface area contributed by atoms with Crippen LogP contribution in [0.25, 0.3) is 0 Å². The van der Waals surface area contributed by atoms with Crippen molar-refractivity contribution in [1.82, 2.24) is 0 Å². The van der Waals surface area contributed by atoms with Gasteiger partial charge in [0, 0.05) is 4.47 Å². The molecule has 0 radical (unpaired) electrons. The van der Waals surface area contributed by atoms with Gasteiger partial charge >= 0.3 is 0 Å². The molecular weight excluding hydrogens is 320 g/mol. The second-order valence-corrected chi connectivity index (χ2v) is 5.31. The average Bonchev–Trinajstić information content (AvgIpc) is 2.46. The first kappa shape index (κ1) is 14.9. The molecule has 0 aliphatic heterocycles. The minimum absolute atomic E-state index is 0.454. The summed E-state index contributed by atoms with van der Waals surface area (Å²) in [6.45, 7) is 2.70. The van der Waals surface area contributed by atoms with Crippen LogP contribution in [0.3, 0.4) is 0 Å². The normalized spacial score (nSPS) is 11.9. The lowest BCUT2D eigenvalue weighted by atomic mass is 10.1. The summed E-state index contributed by atoms with van der Waals surface area (Å²) in [7, 11) is 0. The van der Waals surface area contributed by atoms with Crippen LogP contribution < -0.4 is 9.47 Å². The molecule has 2 aromatic rings. The van der Waals surface area contributed by atoms with Crippen LogP contribution >= 0.6 is 15.9 Å². The molecule has 1 unspecified atom stereocenters. The number of rotatable bonds is 6. The fourth-order valence-electron chi connectivity index (χ4n) is 1.69. The van der Waals surface area contributed by atoms with E-state index in [0.29, 0.717) is 13.2 Å². The lowest BCUT2D eigenvalue weighted by Gasteiger charge is -2.09. The topological polar surface area (TPSA) is 38.7 Å². The first-order valence-electron chi connectivity index (χ1n) is 6.44. The lowest BCUT2D eigenvalue weighted by molar-refractivity contribution is 0.198. The van der Waals surface area contributed by atoms with Gasteiger partial charge in [-0.3, -0.25) is 0 Å². The first-order chi connectivity index (χ1) is 9.65. The number of ether oxygens (including phenoxy) is 2. The van der Waals surface area contributed by atoms with Gasteiger partial charge in [0.2, 0.25) is 0 Å². The van der Waals surface area contributed by atoms with Gasteiger partial charge in [-0.15, -0.1) is 0 Å². The molecule has 0 bridgehead atoms. The zero-order valence-electron chi connectivity index (χ0n) is 11.3. The summed E-state index contributed by atoms with van der Waals surface area (Å²) < 4.78 is 12.2. The van der Waals surface area contributed by atoms with Crippen LogP contribution in [-0.2, 0) is 0 Å². The van der Waals surface area contributed by atoms with Gasteiger partial charge < -0.3 is 14.6 Å². The van der Waals surface area contributed by atoms with Crippen LogP contribution in [0.4, 0.5) is 0 Å². The molecule has 20 heavy (non-hydrogen) atoms. The molecule has 1 N–H and O–H groups in total. The monoisotopic (exact) mass is 336 g/mol. The quantitative estimate of drug-likeness (QED) is 0.811. The molecule has 0 aliphatic carbocycles. The van der Waals surface area contributed by atoms with Crippen LogP contribution in [0, 0.1) is 0 Å². The van der Waals surface area contributed by atoms with Crippen molar-refractivity contribution in [3.8, 4) is 11.5 Å². The predicted molar refractivity (Wildman–Crippen MR) is 82.2 cm³/mol. The Hall–Kier alpha value is -1.52. The van der Waals surface area contributed by atoms with E-state index in [0.717, 1.165) is 21.5 Å². The Bertz CT molecular complexity index is 520. The van der Waals surface area contributed by atoms with Crippen LogP contribution in [0.2, 0.25) is 0 Å². The molecular formula is C16H17BrO3. The van der Waals surface area contributed by atoms with Crippen molar-refractivity contribution in [1.29, 1.82) is 0 Å². The molecule has 2 rings (SSSR count). The predicted octanol–water partition coefficient (Wildman–Crippen LogP) is 3.96. The number of aliphatic hydroxyl groups is 1. The Balaban J connectivity index is 1.74. The Kier molecular flexibility index (Phi) is 5.44. The first-order valence-corrected chi connectivity index (χ1v) is 7.23. The number of hydrogen-bond donors (Lipinski definition) is 1. The highest BCUT2D eigenvalue weighted by molar-refractivity contribution is 9.10. The van der Waals surface area contributed by atoms with Crippen molar-refractivity contribution < 1.29 is 14.6 Å². The zero-order valence-corrected chi connectivity index (χ0v) is 12.8. The van der Waals surface area contributed by atoms with E-state index in [-0.39, 0.29) is 0 Å². The maximum Gasteiger partial charge on any atom is 0.122 e. The van der Waals surface area contributed by atoms with Gasteiger partial charge in [-0.25, -0.2) is 0 Å². The minimum atomic E-state index is -0.454. The third-order valence-electron chi connectivity index (χ3n) is 2.80. The Morgan fingerprint density at radius 3 is 1.80 bits per heavy atom. The fourth-order valence-corrected chi connectivity index (χ4v) is 1.96. The van der Waals surface area contributed by atoms with Gasteiger partial charge in [0.1, 0.15) is 24.7 Å². The van der Waals surface area contributed by atoms with E-state index in [9.17, 15) is 5.11 Å². The summed E-state index contributed by atoms with van der Waals surface area (Å²) in [5, 5.41) is 9.41. The van der Waals surface area contributed by atoms with Crippen LogP contribution in [0.1, 0.15) is 18.6 Å². The van der Waals surface area contributed by atoms with E-state index in [1.54, 1.807) is 6.92 Å². The lowest BCUT2D eigenvalue weighted by Crippen LogP contribution is -2.08. The summed E-state index contributed by atoms with van der Waals surface area (Å²) in [6, 6.07) is 15.1. The molecule has 1 atom stereocenters. The van der Waals surface area contributed by atoms with E-state index in [2.05, 4.69) is 15.9 Å². The summed E-state index contributed by atoms with van der Waals surface area (Å²) in [4.78, 5) is 0. The SMILES string of the molecule is CC(O)c1ccc(OCCOc2ccc(Br)cc2)cc1. The standard InChI is InChI=1S/C16H17BrO3/c1-12(18)13-2-6-15(7-3-13)19-10-11-20-16-8-4-14(17)5-9-16/h2-9,12,18H,10-11H2,1H3. The van der Waals surface area contributed by atoms with Crippen molar-refractivity contribution in [2.24, 2.45) is 0 Å². The summed E-state index contributed by atoms with van der Waals surface area (Å²) in [5.41, 5.74) is 0.878. The second-order valence-electron chi connectivity index (χ2n) is 4.40. The average molecular weight is 337 g/mol. The molecule has 0 heterocycles. The van der Waals surface area contributed by atoms with Crippen LogP contribution in [-0.4, -0.2) is 18.3 Å². The van der Waals surface area contributed by atoms with E-state index < -0.39 is 6.10 Å². The Morgan fingerprint density at radius 1 is 0.900 bits per heavy atom. The summed E-state index contributed by atoms with van der Waals surface area (Å²) in [5.74, 6) is 1.59. The highest BCUT2D eigenvalue weighted by Crippen LogP contribution is 2.18. The van der Waals surface area contributed by atoms with E-state index in [4.69, 9.17) is 9.47 Å². The van der Waals surface area contributed by atoms with Gasteiger partial charge in [-0.1, -0.05) is 28.1 Å². The molecule has 0 aromatic heterocycles. The highest BCUT2D eigenvalue weighted by Gasteiger charge is 2.01. The van der Waals surface area contributed by atoms with Crippen molar-refractivity contribution in [2.75, 3.05) is 13.2 Å². The molecule has 4 heteroatoms. The number of aliphatic hydroxyl groups excluding tert-OH is 1. The molecule has 0 saturated carbocycles. The minimum Gasteiger partial charge on any atom is -0.490 e. The van der Waals surface area contributed by atoms with Crippen molar-refractivity contribution in [2.45, 2.75) is 13.0 Å². The van der Waals surface area contributed by atoms with Gasteiger partial charge in [0.25, 0.3) is 0 Å². The van der Waals surface area contributed by atoms with Crippen molar-refractivity contribution in [3.63, 3.8) is 0 Å². The van der Waals surface area contributed by atoms with Crippen molar-refractivity contribution >= 4 is 15.9 Å². The van der Waals surface area contributed by atoms with Gasteiger partial charge in [-0.05, 0) is 48.9 Å². The maximum absolute atomic E-state index is 9.41. The molecule has 3 nitrogen and oxygen atoms in total. The van der Waals surface area contributed by atoms with Crippen molar-refractivity contribution in [3.05, 3.63) is 58.6 Å². The second kappa shape index (κ2) is 7.31. The maximum atomic E-state index is 9.41.